The first kappa shape index (κ1) is 16.7. The minimum Gasteiger partial charge on any atom is -0.368 e. The molecule has 0 saturated carbocycles. The fraction of sp³-hybridized carbons (Fsp3) is 0.312. The molecule has 0 aliphatic heterocycles. The highest BCUT2D eigenvalue weighted by atomic mass is 19.1. The number of aryl methyl sites for hydroxylation is 1. The van der Waals surface area contributed by atoms with Crippen LogP contribution in [-0.2, 0) is 0 Å². The first-order valence-electron chi connectivity index (χ1n) is 7.46. The van der Waals surface area contributed by atoms with E-state index in [0.717, 1.165) is 12.2 Å². The molecular weight excluding hydrogens is 297 g/mol. The van der Waals surface area contributed by atoms with Crippen molar-refractivity contribution in [1.29, 1.82) is 0 Å². The Morgan fingerprint density at radius 2 is 1.96 bits per heavy atom. The summed E-state index contributed by atoms with van der Waals surface area (Å²) in [5, 5.41) is 8.82. The van der Waals surface area contributed by atoms with Crippen molar-refractivity contribution in [1.82, 2.24) is 15.3 Å². The monoisotopic (exact) mass is 317 g/mol. The number of aromatic nitrogens is 2. The lowest BCUT2D eigenvalue weighted by Crippen LogP contribution is -2.29. The summed E-state index contributed by atoms with van der Waals surface area (Å²) in [6, 6.07) is 7.71. The lowest BCUT2D eigenvalue weighted by molar-refractivity contribution is 0.0951. The number of anilines is 2. The average Bonchev–Trinajstić information content (AvgIpc) is 2.51. The van der Waals surface area contributed by atoms with Crippen molar-refractivity contribution in [3.05, 3.63) is 47.4 Å². The molecule has 1 aromatic heterocycles. The zero-order valence-electron chi connectivity index (χ0n) is 13.2. The molecule has 3 N–H and O–H groups in total. The van der Waals surface area contributed by atoms with Crippen LogP contribution in [0.4, 0.5) is 16.2 Å². The van der Waals surface area contributed by atoms with Crippen LogP contribution in [0.25, 0.3) is 0 Å². The van der Waals surface area contributed by atoms with E-state index in [4.69, 9.17) is 0 Å². The van der Waals surface area contributed by atoms with Gasteiger partial charge in [-0.1, -0.05) is 12.1 Å². The van der Waals surface area contributed by atoms with Gasteiger partial charge in [0.2, 0.25) is 5.95 Å². The van der Waals surface area contributed by atoms with Gasteiger partial charge in [0.1, 0.15) is 11.6 Å². The Balaban J connectivity index is 1.84. The van der Waals surface area contributed by atoms with E-state index in [0.29, 0.717) is 24.9 Å². The predicted molar refractivity (Wildman–Crippen MR) is 88.2 cm³/mol. The maximum atomic E-state index is 13.5. The van der Waals surface area contributed by atoms with E-state index < -0.39 is 11.7 Å². The Morgan fingerprint density at radius 3 is 2.70 bits per heavy atom. The Bertz CT molecular complexity index is 677. The number of nitrogens with one attached hydrogen (secondary N) is 3. The van der Waals surface area contributed by atoms with Crippen molar-refractivity contribution in [2.24, 2.45) is 0 Å². The van der Waals surface area contributed by atoms with Gasteiger partial charge in [-0.2, -0.15) is 4.98 Å². The molecule has 0 aliphatic rings. The number of hydrogen-bond acceptors (Lipinski definition) is 5. The quantitative estimate of drug-likeness (QED) is 0.682. The zero-order chi connectivity index (χ0) is 16.7. The van der Waals surface area contributed by atoms with E-state index in [-0.39, 0.29) is 5.56 Å². The number of carbonyl (C=O) groups excluding carboxylic acids is 1. The standard InChI is InChI=1S/C16H20FN5O/c1-3-18-16-21-11(2)10-14(22-16)19-8-9-20-15(23)12-6-4-5-7-13(12)17/h4-7,10H,3,8-9H2,1-2H3,(H,20,23)(H2,18,19,21,22). The second-order valence-corrected chi connectivity index (χ2v) is 4.91. The topological polar surface area (TPSA) is 78.9 Å². The minimum atomic E-state index is -0.528. The molecule has 122 valence electrons. The molecule has 0 atom stereocenters. The highest BCUT2D eigenvalue weighted by molar-refractivity contribution is 5.94. The average molecular weight is 317 g/mol. The van der Waals surface area contributed by atoms with E-state index in [1.807, 2.05) is 19.9 Å². The van der Waals surface area contributed by atoms with Crippen LogP contribution in [0.2, 0.25) is 0 Å². The Morgan fingerprint density at radius 1 is 1.17 bits per heavy atom. The van der Waals surface area contributed by atoms with Gasteiger partial charge in [0.05, 0.1) is 5.56 Å². The van der Waals surface area contributed by atoms with Gasteiger partial charge in [0.15, 0.2) is 0 Å². The van der Waals surface area contributed by atoms with Crippen LogP contribution in [0.5, 0.6) is 0 Å². The number of halogens is 1. The van der Waals surface area contributed by atoms with Gasteiger partial charge in [0, 0.05) is 31.4 Å². The van der Waals surface area contributed by atoms with Gasteiger partial charge in [-0.3, -0.25) is 4.79 Å². The highest BCUT2D eigenvalue weighted by Gasteiger charge is 2.09. The summed E-state index contributed by atoms with van der Waals surface area (Å²) in [6.07, 6.45) is 0. The van der Waals surface area contributed by atoms with E-state index >= 15 is 0 Å². The Labute approximate surface area is 134 Å². The van der Waals surface area contributed by atoms with Gasteiger partial charge in [-0.25, -0.2) is 9.37 Å². The van der Waals surface area contributed by atoms with Crippen LogP contribution in [0.3, 0.4) is 0 Å². The Hall–Kier alpha value is -2.70. The third-order valence-corrected chi connectivity index (χ3v) is 3.02. The second-order valence-electron chi connectivity index (χ2n) is 4.91. The predicted octanol–water partition coefficient (Wildman–Crippen LogP) is 2.20. The van der Waals surface area contributed by atoms with E-state index in [2.05, 4.69) is 25.9 Å². The zero-order valence-corrected chi connectivity index (χ0v) is 13.2. The number of hydrogen-bond donors (Lipinski definition) is 3. The molecule has 0 fully saturated rings. The molecule has 1 heterocycles. The molecule has 6 nitrogen and oxygen atoms in total. The number of amides is 1. The molecule has 7 heteroatoms. The molecule has 1 aromatic carbocycles. The molecule has 0 saturated heterocycles. The maximum absolute atomic E-state index is 13.5. The lowest BCUT2D eigenvalue weighted by atomic mass is 10.2. The van der Waals surface area contributed by atoms with Crippen molar-refractivity contribution in [2.75, 3.05) is 30.3 Å². The van der Waals surface area contributed by atoms with Crippen molar-refractivity contribution < 1.29 is 9.18 Å². The van der Waals surface area contributed by atoms with Crippen molar-refractivity contribution in [2.45, 2.75) is 13.8 Å². The Kier molecular flexibility index (Phi) is 5.85. The lowest BCUT2D eigenvalue weighted by Gasteiger charge is -2.10. The van der Waals surface area contributed by atoms with Crippen molar-refractivity contribution in [3.8, 4) is 0 Å². The van der Waals surface area contributed by atoms with E-state index in [1.165, 1.54) is 12.1 Å². The summed E-state index contributed by atoms with van der Waals surface area (Å²) >= 11 is 0. The fourth-order valence-corrected chi connectivity index (χ4v) is 2.00. The summed E-state index contributed by atoms with van der Waals surface area (Å²) in [4.78, 5) is 20.4. The van der Waals surface area contributed by atoms with E-state index in [9.17, 15) is 9.18 Å². The van der Waals surface area contributed by atoms with Crippen molar-refractivity contribution >= 4 is 17.7 Å². The highest BCUT2D eigenvalue weighted by Crippen LogP contribution is 2.09. The molecule has 0 spiro atoms. The van der Waals surface area contributed by atoms with E-state index in [1.54, 1.807) is 12.1 Å². The maximum Gasteiger partial charge on any atom is 0.254 e. The first-order valence-corrected chi connectivity index (χ1v) is 7.46. The minimum absolute atomic E-state index is 0.0415. The number of benzene rings is 1. The molecule has 2 aromatic rings. The van der Waals surface area contributed by atoms with Gasteiger partial charge in [0.25, 0.3) is 5.91 Å². The number of rotatable bonds is 7. The molecule has 0 radical (unpaired) electrons. The first-order chi connectivity index (χ1) is 11.1. The fourth-order valence-electron chi connectivity index (χ4n) is 2.00. The summed E-state index contributed by atoms with van der Waals surface area (Å²) < 4.78 is 13.5. The molecule has 1 amide bonds. The SMILES string of the molecule is CCNc1nc(C)cc(NCCNC(=O)c2ccccc2F)n1. The number of carbonyl (C=O) groups is 1. The van der Waals surface area contributed by atoms with Gasteiger partial charge >= 0.3 is 0 Å². The summed E-state index contributed by atoms with van der Waals surface area (Å²) in [6.45, 7) is 5.42. The van der Waals surface area contributed by atoms with Crippen molar-refractivity contribution in [3.63, 3.8) is 0 Å². The summed E-state index contributed by atoms with van der Waals surface area (Å²) in [5.41, 5.74) is 0.883. The number of nitrogens with zero attached hydrogens (tertiary/aromatic N) is 2. The van der Waals surface area contributed by atoms with Crippen LogP contribution in [-0.4, -0.2) is 35.5 Å². The second kappa shape index (κ2) is 8.07. The third-order valence-electron chi connectivity index (χ3n) is 3.02. The van der Waals surface area contributed by atoms with Crippen LogP contribution < -0.4 is 16.0 Å². The normalized spacial score (nSPS) is 10.2. The van der Waals surface area contributed by atoms with Crippen LogP contribution in [0.15, 0.2) is 30.3 Å². The molecule has 0 unspecified atom stereocenters. The third kappa shape index (κ3) is 4.91. The molecule has 0 aliphatic carbocycles. The van der Waals surface area contributed by atoms with Crippen LogP contribution >= 0.6 is 0 Å². The van der Waals surface area contributed by atoms with Crippen LogP contribution in [0, 0.1) is 12.7 Å². The largest absolute Gasteiger partial charge is 0.368 e. The molecule has 2 rings (SSSR count). The summed E-state index contributed by atoms with van der Waals surface area (Å²) in [7, 11) is 0. The smallest absolute Gasteiger partial charge is 0.254 e. The molecule has 0 bridgehead atoms. The molecular formula is C16H20FN5O. The van der Waals surface area contributed by atoms with Gasteiger partial charge < -0.3 is 16.0 Å². The van der Waals surface area contributed by atoms with Crippen LogP contribution in [0.1, 0.15) is 23.0 Å². The summed E-state index contributed by atoms with van der Waals surface area (Å²) in [5.74, 6) is 0.274. The van der Waals surface area contributed by atoms with Gasteiger partial charge in [-0.05, 0) is 26.0 Å². The molecule has 23 heavy (non-hydrogen) atoms. The van der Waals surface area contributed by atoms with Gasteiger partial charge in [-0.15, -0.1) is 0 Å².